The molecule has 21 heavy (non-hydrogen) atoms. The van der Waals surface area contributed by atoms with Crippen molar-refractivity contribution in [1.82, 2.24) is 4.98 Å². The van der Waals surface area contributed by atoms with Crippen LogP contribution in [0.15, 0.2) is 48.0 Å². The largest absolute Gasteiger partial charge is 0.380 e. The molecule has 0 spiro atoms. The molecule has 3 rings (SSSR count). The fraction of sp³-hybridized carbons (Fsp3) is 0.0667. The minimum absolute atomic E-state index is 0.0609. The van der Waals surface area contributed by atoms with Crippen LogP contribution in [-0.2, 0) is 6.54 Å². The highest BCUT2D eigenvalue weighted by molar-refractivity contribution is 7.15. The number of thiophene rings is 1. The lowest BCUT2D eigenvalue weighted by molar-refractivity contribution is 0.104. The number of nitrogens with zero attached hydrogens (tertiary/aromatic N) is 1. The van der Waals surface area contributed by atoms with E-state index in [0.717, 1.165) is 15.4 Å². The van der Waals surface area contributed by atoms with Crippen molar-refractivity contribution in [2.75, 3.05) is 5.32 Å². The first-order valence-corrected chi connectivity index (χ1v) is 8.32. The third kappa shape index (κ3) is 3.50. The van der Waals surface area contributed by atoms with Crippen LogP contribution in [0.5, 0.6) is 0 Å². The van der Waals surface area contributed by atoms with E-state index in [0.29, 0.717) is 16.6 Å². The van der Waals surface area contributed by atoms with E-state index in [1.165, 1.54) is 22.7 Å². The molecule has 0 atom stereocenters. The highest BCUT2D eigenvalue weighted by Gasteiger charge is 2.09. The Morgan fingerprint density at radius 2 is 2.05 bits per heavy atom. The quantitative estimate of drug-likeness (QED) is 0.687. The molecule has 0 aliphatic carbocycles. The van der Waals surface area contributed by atoms with Crippen molar-refractivity contribution in [2.24, 2.45) is 0 Å². The van der Waals surface area contributed by atoms with E-state index >= 15 is 0 Å². The lowest BCUT2D eigenvalue weighted by atomic mass is 10.1. The van der Waals surface area contributed by atoms with Crippen LogP contribution in [0, 0.1) is 0 Å². The topological polar surface area (TPSA) is 42.0 Å². The van der Waals surface area contributed by atoms with Gasteiger partial charge in [-0.25, -0.2) is 4.98 Å². The smallest absolute Gasteiger partial charge is 0.202 e. The lowest BCUT2D eigenvalue weighted by Gasteiger charge is -2.05. The lowest BCUT2D eigenvalue weighted by Crippen LogP contribution is -2.00. The monoisotopic (exact) mass is 334 g/mol. The van der Waals surface area contributed by atoms with Crippen LogP contribution < -0.4 is 5.32 Å². The maximum absolute atomic E-state index is 12.2. The number of nitrogens with one attached hydrogen (secondary N) is 1. The fourth-order valence-corrected chi connectivity index (χ4v) is 3.45. The van der Waals surface area contributed by atoms with Crippen molar-refractivity contribution in [3.63, 3.8) is 0 Å². The van der Waals surface area contributed by atoms with Gasteiger partial charge in [0.2, 0.25) is 5.78 Å². The Morgan fingerprint density at radius 3 is 2.67 bits per heavy atom. The van der Waals surface area contributed by atoms with Gasteiger partial charge in [0.25, 0.3) is 0 Å². The van der Waals surface area contributed by atoms with Crippen LogP contribution in [0.4, 0.5) is 5.69 Å². The molecule has 3 aromatic rings. The van der Waals surface area contributed by atoms with Crippen molar-refractivity contribution >= 4 is 45.7 Å². The molecule has 0 fully saturated rings. The summed E-state index contributed by atoms with van der Waals surface area (Å²) in [6.45, 7) is 0.669. The Kier molecular flexibility index (Phi) is 4.34. The van der Waals surface area contributed by atoms with Crippen LogP contribution in [-0.4, -0.2) is 10.8 Å². The molecule has 0 aliphatic rings. The number of benzene rings is 1. The fourth-order valence-electron chi connectivity index (χ4n) is 1.84. The molecule has 0 aliphatic heterocycles. The molecule has 6 heteroatoms. The van der Waals surface area contributed by atoms with Crippen LogP contribution >= 0.6 is 34.3 Å². The molecule has 3 nitrogen and oxygen atoms in total. The first kappa shape index (κ1) is 14.3. The Labute approximate surface area is 135 Å². The van der Waals surface area contributed by atoms with Gasteiger partial charge in [0.15, 0.2) is 4.47 Å². The van der Waals surface area contributed by atoms with E-state index in [1.54, 1.807) is 6.20 Å². The van der Waals surface area contributed by atoms with E-state index in [9.17, 15) is 4.79 Å². The Balaban J connectivity index is 1.65. The molecule has 0 radical (unpaired) electrons. The van der Waals surface area contributed by atoms with Crippen molar-refractivity contribution in [3.05, 3.63) is 67.8 Å². The second-order valence-electron chi connectivity index (χ2n) is 4.32. The molecule has 0 unspecified atom stereocenters. The summed E-state index contributed by atoms with van der Waals surface area (Å²) >= 11 is 8.70. The van der Waals surface area contributed by atoms with Gasteiger partial charge >= 0.3 is 0 Å². The molecular weight excluding hydrogens is 324 g/mol. The molecule has 1 N–H and O–H groups in total. The second kappa shape index (κ2) is 6.39. The third-order valence-corrected chi connectivity index (χ3v) is 4.87. The van der Waals surface area contributed by atoms with Crippen LogP contribution in [0.3, 0.4) is 0 Å². The van der Waals surface area contributed by atoms with Gasteiger partial charge < -0.3 is 5.32 Å². The number of aromatic nitrogens is 1. The van der Waals surface area contributed by atoms with E-state index < -0.39 is 0 Å². The molecule has 2 aromatic heterocycles. The van der Waals surface area contributed by atoms with Gasteiger partial charge in [-0.15, -0.1) is 22.7 Å². The normalized spacial score (nSPS) is 10.5. The summed E-state index contributed by atoms with van der Waals surface area (Å²) in [5.74, 6) is 0.0609. The van der Waals surface area contributed by atoms with Crippen molar-refractivity contribution in [1.29, 1.82) is 0 Å². The molecular formula is C15H11ClN2OS2. The molecule has 1 aromatic carbocycles. The molecule has 0 amide bonds. The number of thiazole rings is 1. The van der Waals surface area contributed by atoms with E-state index in [1.807, 2.05) is 41.8 Å². The van der Waals surface area contributed by atoms with Crippen molar-refractivity contribution < 1.29 is 4.79 Å². The van der Waals surface area contributed by atoms with Gasteiger partial charge in [-0.1, -0.05) is 17.7 Å². The average Bonchev–Trinajstić information content (AvgIpc) is 3.16. The number of ketones is 1. The van der Waals surface area contributed by atoms with Crippen LogP contribution in [0.1, 0.15) is 20.1 Å². The molecule has 0 bridgehead atoms. The number of halogens is 1. The first-order chi connectivity index (χ1) is 10.2. The minimum Gasteiger partial charge on any atom is -0.380 e. The predicted molar refractivity (Wildman–Crippen MR) is 88.6 cm³/mol. The van der Waals surface area contributed by atoms with Gasteiger partial charge in [0.1, 0.15) is 0 Å². The van der Waals surface area contributed by atoms with Crippen LogP contribution in [0.25, 0.3) is 0 Å². The van der Waals surface area contributed by atoms with E-state index in [-0.39, 0.29) is 5.78 Å². The second-order valence-corrected chi connectivity index (χ2v) is 6.96. The number of anilines is 1. The summed E-state index contributed by atoms with van der Waals surface area (Å²) < 4.78 is 0.545. The van der Waals surface area contributed by atoms with Gasteiger partial charge in [-0.05, 0) is 35.7 Å². The van der Waals surface area contributed by atoms with Gasteiger partial charge in [0.05, 0.1) is 11.4 Å². The zero-order chi connectivity index (χ0) is 14.7. The highest BCUT2D eigenvalue weighted by Crippen LogP contribution is 2.20. The average molecular weight is 335 g/mol. The first-order valence-electron chi connectivity index (χ1n) is 6.25. The van der Waals surface area contributed by atoms with Gasteiger partial charge in [0, 0.05) is 22.3 Å². The molecule has 106 valence electrons. The predicted octanol–water partition coefficient (Wildman–Crippen LogP) is 4.70. The summed E-state index contributed by atoms with van der Waals surface area (Å²) in [4.78, 5) is 18.0. The summed E-state index contributed by atoms with van der Waals surface area (Å²) in [5, 5.41) is 5.18. The van der Waals surface area contributed by atoms with Crippen LogP contribution in [0.2, 0.25) is 4.47 Å². The number of rotatable bonds is 5. The van der Waals surface area contributed by atoms with Crippen molar-refractivity contribution in [3.8, 4) is 0 Å². The highest BCUT2D eigenvalue weighted by atomic mass is 35.5. The number of hydrogen-bond acceptors (Lipinski definition) is 5. The maximum atomic E-state index is 12.2. The SMILES string of the molecule is O=C(c1ccc(NCc2cnc(Cl)s2)cc1)c1cccs1. The summed E-state index contributed by atoms with van der Waals surface area (Å²) in [7, 11) is 0. The van der Waals surface area contributed by atoms with E-state index in [4.69, 9.17) is 11.6 Å². The summed E-state index contributed by atoms with van der Waals surface area (Å²) in [6, 6.07) is 11.2. The van der Waals surface area contributed by atoms with E-state index in [2.05, 4.69) is 10.3 Å². The zero-order valence-electron chi connectivity index (χ0n) is 10.9. The van der Waals surface area contributed by atoms with Gasteiger partial charge in [-0.3, -0.25) is 4.79 Å². The minimum atomic E-state index is 0.0609. The Morgan fingerprint density at radius 1 is 1.24 bits per heavy atom. The molecule has 2 heterocycles. The van der Waals surface area contributed by atoms with Gasteiger partial charge in [-0.2, -0.15) is 0 Å². The third-order valence-electron chi connectivity index (χ3n) is 2.88. The summed E-state index contributed by atoms with van der Waals surface area (Å²) in [6.07, 6.45) is 1.76. The number of carbonyl (C=O) groups is 1. The van der Waals surface area contributed by atoms with Crippen molar-refractivity contribution in [2.45, 2.75) is 6.54 Å². The number of hydrogen-bond donors (Lipinski definition) is 1. The number of carbonyl (C=O) groups excluding carboxylic acids is 1. The Bertz CT molecular complexity index is 735. The summed E-state index contributed by atoms with van der Waals surface area (Å²) in [5.41, 5.74) is 1.66. The standard InChI is InChI=1S/C15H11ClN2OS2/c16-15-18-9-12(21-15)8-17-11-5-3-10(4-6-11)14(19)13-2-1-7-20-13/h1-7,9,17H,8H2. The molecule has 0 saturated carbocycles. The maximum Gasteiger partial charge on any atom is 0.202 e. The molecule has 0 saturated heterocycles. The zero-order valence-corrected chi connectivity index (χ0v) is 13.3. The Hall–Kier alpha value is -1.69.